The number of halogens is 1. The third-order valence-electron chi connectivity index (χ3n) is 8.50. The highest BCUT2D eigenvalue weighted by atomic mass is 35.5. The monoisotopic (exact) mass is 560 g/mol. The van der Waals surface area contributed by atoms with Crippen molar-refractivity contribution in [2.45, 2.75) is 11.3 Å². The molecule has 2 heterocycles. The van der Waals surface area contributed by atoms with Gasteiger partial charge in [0.15, 0.2) is 0 Å². The second-order valence-electron chi connectivity index (χ2n) is 10.3. The van der Waals surface area contributed by atoms with Gasteiger partial charge in [-0.15, -0.1) is 0 Å². The number of rotatable bonds is 4. The Morgan fingerprint density at radius 3 is 2.23 bits per heavy atom. The normalized spacial score (nSPS) is 24.4. The number of anilines is 2. The molecule has 0 spiro atoms. The molecule has 6 nitrogen and oxygen atoms in total. The third-order valence-corrected chi connectivity index (χ3v) is 9.76. The van der Waals surface area contributed by atoms with Crippen LogP contribution in [-0.2, 0) is 15.0 Å². The summed E-state index contributed by atoms with van der Waals surface area (Å²) in [6, 6.07) is 31.2. The van der Waals surface area contributed by atoms with Crippen LogP contribution < -0.4 is 10.3 Å². The zero-order valence-electron chi connectivity index (χ0n) is 21.0. The first-order valence-corrected chi connectivity index (χ1v) is 14.3. The fourth-order valence-corrected chi connectivity index (χ4v) is 8.07. The Hall–Kier alpha value is -4.33. The van der Waals surface area contributed by atoms with Crippen LogP contribution in [0.2, 0.25) is 5.02 Å². The number of carbonyl (C=O) groups excluding carboxylic acids is 2. The maximum Gasteiger partial charge on any atom is 0.239 e. The molecule has 0 saturated carbocycles. The molecule has 9 rings (SSSR count). The molecule has 1 fully saturated rings. The van der Waals surface area contributed by atoms with Gasteiger partial charge in [0.25, 0.3) is 0 Å². The van der Waals surface area contributed by atoms with Crippen molar-refractivity contribution in [2.24, 2.45) is 16.9 Å². The summed E-state index contributed by atoms with van der Waals surface area (Å²) in [6.45, 7) is 0. The molecule has 40 heavy (non-hydrogen) atoms. The number of thiazole rings is 1. The van der Waals surface area contributed by atoms with Gasteiger partial charge in [0.1, 0.15) is 0 Å². The van der Waals surface area contributed by atoms with Gasteiger partial charge in [-0.25, -0.2) is 9.88 Å². The molecule has 2 bridgehead atoms. The Balaban J connectivity index is 1.33. The molecule has 194 valence electrons. The van der Waals surface area contributed by atoms with Crippen LogP contribution in [0.5, 0.6) is 0 Å². The zero-order chi connectivity index (χ0) is 27.0. The molecule has 2 atom stereocenters. The topological polar surface area (TPSA) is 74.7 Å². The quantitative estimate of drug-likeness (QED) is 0.153. The summed E-state index contributed by atoms with van der Waals surface area (Å²) in [5, 5.41) is 5.75. The fraction of sp³-hybridized carbons (Fsp3) is 0.125. The summed E-state index contributed by atoms with van der Waals surface area (Å²) in [7, 11) is 0. The van der Waals surface area contributed by atoms with Crippen molar-refractivity contribution in [1.29, 1.82) is 0 Å². The Morgan fingerprint density at radius 1 is 0.850 bits per heavy atom. The van der Waals surface area contributed by atoms with Crippen molar-refractivity contribution in [2.75, 3.05) is 10.3 Å². The molecule has 4 aliphatic rings. The van der Waals surface area contributed by atoms with Gasteiger partial charge in [0, 0.05) is 12.1 Å². The number of carbonyl (C=O) groups is 2. The lowest BCUT2D eigenvalue weighted by Gasteiger charge is -2.52. The summed E-state index contributed by atoms with van der Waals surface area (Å²) in [5.41, 5.74) is 7.57. The van der Waals surface area contributed by atoms with Crippen LogP contribution in [0.4, 0.5) is 10.8 Å². The predicted octanol–water partition coefficient (Wildman–Crippen LogP) is 6.60. The van der Waals surface area contributed by atoms with Crippen molar-refractivity contribution in [3.8, 4) is 0 Å². The van der Waals surface area contributed by atoms with Crippen LogP contribution in [0.3, 0.4) is 0 Å². The second-order valence-corrected chi connectivity index (χ2v) is 11.8. The van der Waals surface area contributed by atoms with E-state index in [1.165, 1.54) is 16.2 Å². The lowest BCUT2D eigenvalue weighted by molar-refractivity contribution is -0.122. The smallest absolute Gasteiger partial charge is 0.239 e. The Kier molecular flexibility index (Phi) is 5.05. The van der Waals surface area contributed by atoms with Crippen molar-refractivity contribution in [3.63, 3.8) is 0 Å². The maximum atomic E-state index is 14.4. The number of amides is 2. The summed E-state index contributed by atoms with van der Waals surface area (Å²) in [5.74, 6) is -1.99. The van der Waals surface area contributed by atoms with E-state index < -0.39 is 17.3 Å². The van der Waals surface area contributed by atoms with E-state index in [0.717, 1.165) is 32.5 Å². The third kappa shape index (κ3) is 3.04. The lowest BCUT2D eigenvalue weighted by atomic mass is 9.47. The first kappa shape index (κ1) is 23.5. The zero-order valence-corrected chi connectivity index (χ0v) is 22.6. The Labute approximate surface area is 238 Å². The highest BCUT2D eigenvalue weighted by Gasteiger charge is 2.68. The molecular weight excluding hydrogens is 540 g/mol. The van der Waals surface area contributed by atoms with E-state index >= 15 is 0 Å². The van der Waals surface area contributed by atoms with Crippen LogP contribution in [-0.4, -0.2) is 23.0 Å². The van der Waals surface area contributed by atoms with Crippen LogP contribution in [0.25, 0.3) is 10.2 Å². The molecule has 2 amide bonds. The molecular formula is C32H21ClN4O2S. The van der Waals surface area contributed by atoms with Crippen molar-refractivity contribution >= 4 is 62.0 Å². The molecule has 1 aliphatic heterocycles. The molecule has 8 heteroatoms. The first-order chi connectivity index (χ1) is 19.6. The van der Waals surface area contributed by atoms with E-state index in [1.807, 2.05) is 54.7 Å². The molecule has 1 saturated heterocycles. The molecule has 5 aromatic rings. The number of benzene rings is 4. The summed E-state index contributed by atoms with van der Waals surface area (Å²) < 4.78 is 1.05. The van der Waals surface area contributed by atoms with Crippen LogP contribution in [0.15, 0.2) is 102 Å². The number of nitrogens with one attached hydrogen (secondary N) is 1. The largest absolute Gasteiger partial charge is 0.274 e. The van der Waals surface area contributed by atoms with Crippen LogP contribution in [0, 0.1) is 11.8 Å². The minimum atomic E-state index is -0.959. The van der Waals surface area contributed by atoms with Gasteiger partial charge in [-0.2, -0.15) is 5.10 Å². The summed E-state index contributed by atoms with van der Waals surface area (Å²) in [4.78, 5) is 34.6. The van der Waals surface area contributed by atoms with Gasteiger partial charge in [0.05, 0.1) is 38.2 Å². The molecule has 0 unspecified atom stereocenters. The first-order valence-electron chi connectivity index (χ1n) is 13.1. The van der Waals surface area contributed by atoms with Crippen molar-refractivity contribution in [1.82, 2.24) is 4.98 Å². The Morgan fingerprint density at radius 2 is 1.50 bits per heavy atom. The van der Waals surface area contributed by atoms with Gasteiger partial charge in [-0.1, -0.05) is 95.7 Å². The Bertz CT molecular complexity index is 1820. The maximum absolute atomic E-state index is 14.4. The average molecular weight is 561 g/mol. The molecule has 0 radical (unpaired) electrons. The summed E-state index contributed by atoms with van der Waals surface area (Å²) >= 11 is 8.04. The van der Waals surface area contributed by atoms with E-state index in [2.05, 4.69) is 34.7 Å². The van der Waals surface area contributed by atoms with Gasteiger partial charge >= 0.3 is 0 Å². The number of aromatic nitrogens is 1. The van der Waals surface area contributed by atoms with Gasteiger partial charge in [-0.3, -0.25) is 15.0 Å². The highest BCUT2D eigenvalue weighted by molar-refractivity contribution is 7.22. The van der Waals surface area contributed by atoms with Crippen LogP contribution in [0.1, 0.15) is 28.2 Å². The van der Waals surface area contributed by atoms with Gasteiger partial charge in [0.2, 0.25) is 16.9 Å². The van der Waals surface area contributed by atoms with Gasteiger partial charge < -0.3 is 0 Å². The average Bonchev–Trinajstić information content (AvgIpc) is 3.52. The molecule has 1 aromatic heterocycles. The van der Waals surface area contributed by atoms with E-state index in [0.29, 0.717) is 15.8 Å². The molecule has 3 aliphatic carbocycles. The SMILES string of the molecule is O=C1[C@H]2C3c4ccccc4C(/C=N\Nc4nc5ccccc5s4)(c4ccccc43)[C@H]2C(=O)N1c1ccccc1Cl. The minimum absolute atomic E-state index is 0.228. The number of hydrazone groups is 1. The van der Waals surface area contributed by atoms with Crippen molar-refractivity contribution < 1.29 is 9.59 Å². The van der Waals surface area contributed by atoms with E-state index in [4.69, 9.17) is 16.7 Å². The fourth-order valence-electron chi connectivity index (χ4n) is 7.03. The van der Waals surface area contributed by atoms with Crippen LogP contribution >= 0.6 is 22.9 Å². The molecule has 1 N–H and O–H groups in total. The highest BCUT2D eigenvalue weighted by Crippen LogP contribution is 2.63. The van der Waals surface area contributed by atoms with Gasteiger partial charge in [-0.05, 0) is 46.5 Å². The minimum Gasteiger partial charge on any atom is -0.274 e. The van der Waals surface area contributed by atoms with E-state index in [1.54, 1.807) is 24.3 Å². The number of hydrogen-bond donors (Lipinski definition) is 1. The number of hydrogen-bond acceptors (Lipinski definition) is 6. The second kappa shape index (κ2) is 8.58. The van der Waals surface area contributed by atoms with Crippen molar-refractivity contribution in [3.05, 3.63) is 124 Å². The number of fused-ring (bicyclic) bond motifs is 1. The number of nitrogens with zero attached hydrogens (tertiary/aromatic N) is 3. The van der Waals surface area contributed by atoms with E-state index in [-0.39, 0.29) is 17.7 Å². The number of para-hydroxylation sites is 2. The number of imide groups is 1. The predicted molar refractivity (Wildman–Crippen MR) is 158 cm³/mol. The lowest BCUT2D eigenvalue weighted by Crippen LogP contribution is -2.54. The standard InChI is InChI=1S/C32H21ClN4O2S/c33-22-13-5-7-15-24(22)37-29(38)27-26-18-9-1-3-11-20(18)32(28(27)30(37)39,21-12-4-2-10-19(21)26)17-34-36-31-35-23-14-6-8-16-25(23)40-31/h1-17,26-28H,(H,35,36)/b34-17-/t26?,27-,28+,32?/m0/s1. The summed E-state index contributed by atoms with van der Waals surface area (Å²) in [6.07, 6.45) is 1.82. The van der Waals surface area contributed by atoms with E-state index in [9.17, 15) is 9.59 Å². The molecule has 4 aromatic carbocycles.